The fraction of sp³-hybridized carbons (Fsp3) is 0.357. The van der Waals surface area contributed by atoms with E-state index in [-0.39, 0.29) is 17.7 Å². The Labute approximate surface area is 116 Å². The number of aromatic nitrogens is 2. The molecule has 0 unspecified atom stereocenters. The van der Waals surface area contributed by atoms with Crippen molar-refractivity contribution < 1.29 is 9.59 Å². The van der Waals surface area contributed by atoms with Gasteiger partial charge in [0, 0.05) is 26.6 Å². The van der Waals surface area contributed by atoms with Crippen molar-refractivity contribution in [2.75, 3.05) is 13.6 Å². The highest BCUT2D eigenvalue weighted by molar-refractivity contribution is 5.89. The summed E-state index contributed by atoms with van der Waals surface area (Å²) in [5.74, 6) is -0.264. The van der Waals surface area contributed by atoms with Gasteiger partial charge in [-0.05, 0) is 17.7 Å². The minimum Gasteiger partial charge on any atom is -0.352 e. The lowest BCUT2D eigenvalue weighted by Crippen LogP contribution is -2.31. The van der Waals surface area contributed by atoms with E-state index in [2.05, 4.69) is 15.3 Å². The third-order valence-electron chi connectivity index (χ3n) is 3.66. The zero-order valence-corrected chi connectivity index (χ0v) is 11.2. The third-order valence-corrected chi connectivity index (χ3v) is 3.66. The summed E-state index contributed by atoms with van der Waals surface area (Å²) in [5.41, 5.74) is 2.86. The number of likely N-dealkylation sites (tertiary alicyclic amines) is 1. The molecule has 1 aliphatic rings. The standard InChI is InChI=1S/C14H16N4O2/c1-18-7-10(5-13(18)19)14(20)15-6-9-2-3-11-12(4-9)17-8-16-11/h2-4,8,10H,5-7H2,1H3,(H,15,20)(H,16,17)/t10-/m0/s1. The van der Waals surface area contributed by atoms with E-state index in [1.807, 2.05) is 18.2 Å². The molecule has 6 nitrogen and oxygen atoms in total. The molecule has 2 aromatic rings. The molecule has 1 fully saturated rings. The molecule has 0 aliphatic carbocycles. The van der Waals surface area contributed by atoms with Gasteiger partial charge in [0.25, 0.3) is 0 Å². The van der Waals surface area contributed by atoms with Crippen molar-refractivity contribution in [3.63, 3.8) is 0 Å². The highest BCUT2D eigenvalue weighted by Gasteiger charge is 2.31. The number of carbonyl (C=O) groups excluding carboxylic acids is 2. The second-order valence-corrected chi connectivity index (χ2v) is 5.15. The van der Waals surface area contributed by atoms with E-state index < -0.39 is 0 Å². The molecule has 2 N–H and O–H groups in total. The van der Waals surface area contributed by atoms with Gasteiger partial charge in [0.05, 0.1) is 23.3 Å². The van der Waals surface area contributed by atoms with Crippen LogP contribution in [0.25, 0.3) is 11.0 Å². The minimum atomic E-state index is -0.233. The molecule has 0 radical (unpaired) electrons. The Morgan fingerprint density at radius 1 is 1.55 bits per heavy atom. The number of hydrogen-bond acceptors (Lipinski definition) is 3. The van der Waals surface area contributed by atoms with Crippen LogP contribution in [-0.4, -0.2) is 40.3 Å². The molecule has 1 atom stereocenters. The van der Waals surface area contributed by atoms with Gasteiger partial charge in [-0.1, -0.05) is 6.07 Å². The number of rotatable bonds is 3. The number of imidazole rings is 1. The number of aromatic amines is 1. The Kier molecular flexibility index (Phi) is 3.14. The van der Waals surface area contributed by atoms with Gasteiger partial charge < -0.3 is 15.2 Å². The molecular weight excluding hydrogens is 256 g/mol. The molecule has 104 valence electrons. The van der Waals surface area contributed by atoms with Crippen molar-refractivity contribution in [2.24, 2.45) is 5.92 Å². The lowest BCUT2D eigenvalue weighted by atomic mass is 10.1. The van der Waals surface area contributed by atoms with E-state index in [0.717, 1.165) is 16.6 Å². The third kappa shape index (κ3) is 2.36. The zero-order chi connectivity index (χ0) is 14.1. The fourth-order valence-electron chi connectivity index (χ4n) is 2.47. The SMILES string of the molecule is CN1C[C@@H](C(=O)NCc2ccc3nc[nH]c3c2)CC1=O. The number of nitrogens with one attached hydrogen (secondary N) is 2. The maximum atomic E-state index is 12.0. The van der Waals surface area contributed by atoms with E-state index in [1.165, 1.54) is 0 Å². The lowest BCUT2D eigenvalue weighted by Gasteiger charge is -2.11. The summed E-state index contributed by atoms with van der Waals surface area (Å²) >= 11 is 0. The number of H-pyrrole nitrogens is 1. The average Bonchev–Trinajstić information content (AvgIpc) is 3.03. The quantitative estimate of drug-likeness (QED) is 0.861. The van der Waals surface area contributed by atoms with Crippen molar-refractivity contribution >= 4 is 22.8 Å². The molecule has 1 saturated heterocycles. The predicted molar refractivity (Wildman–Crippen MR) is 73.7 cm³/mol. The summed E-state index contributed by atoms with van der Waals surface area (Å²) in [6, 6.07) is 5.82. The van der Waals surface area contributed by atoms with E-state index in [9.17, 15) is 9.59 Å². The first kappa shape index (κ1) is 12.7. The highest BCUT2D eigenvalue weighted by Crippen LogP contribution is 2.16. The van der Waals surface area contributed by atoms with Gasteiger partial charge in [0.1, 0.15) is 0 Å². The normalized spacial score (nSPS) is 18.8. The Hall–Kier alpha value is -2.37. The molecular formula is C14H16N4O2. The molecule has 20 heavy (non-hydrogen) atoms. The van der Waals surface area contributed by atoms with Crippen molar-refractivity contribution in [2.45, 2.75) is 13.0 Å². The molecule has 2 heterocycles. The van der Waals surface area contributed by atoms with Crippen LogP contribution in [0.4, 0.5) is 0 Å². The van der Waals surface area contributed by atoms with Gasteiger partial charge in [0.2, 0.25) is 11.8 Å². The zero-order valence-electron chi connectivity index (χ0n) is 11.2. The average molecular weight is 272 g/mol. The van der Waals surface area contributed by atoms with Gasteiger partial charge in [-0.15, -0.1) is 0 Å². The summed E-state index contributed by atoms with van der Waals surface area (Å²) in [6.07, 6.45) is 1.95. The summed E-state index contributed by atoms with van der Waals surface area (Å²) in [4.78, 5) is 32.2. The first-order valence-electron chi connectivity index (χ1n) is 6.57. The van der Waals surface area contributed by atoms with E-state index in [4.69, 9.17) is 0 Å². The number of hydrogen-bond donors (Lipinski definition) is 2. The van der Waals surface area contributed by atoms with Crippen LogP contribution in [0.15, 0.2) is 24.5 Å². The molecule has 2 amide bonds. The minimum absolute atomic E-state index is 0.0315. The van der Waals surface area contributed by atoms with Crippen molar-refractivity contribution in [3.8, 4) is 0 Å². The summed E-state index contributed by atoms with van der Waals surface area (Å²) in [7, 11) is 1.72. The van der Waals surface area contributed by atoms with Crippen LogP contribution < -0.4 is 5.32 Å². The summed E-state index contributed by atoms with van der Waals surface area (Å²) < 4.78 is 0. The Morgan fingerprint density at radius 3 is 3.15 bits per heavy atom. The second-order valence-electron chi connectivity index (χ2n) is 5.15. The number of nitrogens with zero attached hydrogens (tertiary/aromatic N) is 2. The van der Waals surface area contributed by atoms with Gasteiger partial charge in [-0.25, -0.2) is 4.98 Å². The molecule has 3 rings (SSSR count). The smallest absolute Gasteiger partial charge is 0.225 e. The first-order valence-corrected chi connectivity index (χ1v) is 6.57. The van der Waals surface area contributed by atoms with Crippen LogP contribution >= 0.6 is 0 Å². The van der Waals surface area contributed by atoms with Crippen molar-refractivity contribution in [1.29, 1.82) is 0 Å². The van der Waals surface area contributed by atoms with Crippen LogP contribution in [0.3, 0.4) is 0 Å². The summed E-state index contributed by atoms with van der Waals surface area (Å²) in [6.45, 7) is 0.965. The number of fused-ring (bicyclic) bond motifs is 1. The monoisotopic (exact) mass is 272 g/mol. The van der Waals surface area contributed by atoms with Crippen molar-refractivity contribution in [3.05, 3.63) is 30.1 Å². The first-order chi connectivity index (χ1) is 9.63. The maximum absolute atomic E-state index is 12.0. The van der Waals surface area contributed by atoms with Gasteiger partial charge in [0.15, 0.2) is 0 Å². The van der Waals surface area contributed by atoms with E-state index in [0.29, 0.717) is 19.5 Å². The molecule has 1 aromatic heterocycles. The summed E-state index contributed by atoms with van der Waals surface area (Å²) in [5, 5.41) is 2.89. The van der Waals surface area contributed by atoms with Crippen LogP contribution in [0.5, 0.6) is 0 Å². The van der Waals surface area contributed by atoms with Gasteiger partial charge in [-0.3, -0.25) is 9.59 Å². The van der Waals surface area contributed by atoms with Crippen LogP contribution in [0.2, 0.25) is 0 Å². The second kappa shape index (κ2) is 4.96. The van der Waals surface area contributed by atoms with Gasteiger partial charge >= 0.3 is 0 Å². The molecule has 0 saturated carbocycles. The number of carbonyl (C=O) groups is 2. The van der Waals surface area contributed by atoms with E-state index in [1.54, 1.807) is 18.3 Å². The molecule has 1 aromatic carbocycles. The number of benzene rings is 1. The van der Waals surface area contributed by atoms with Gasteiger partial charge in [-0.2, -0.15) is 0 Å². The van der Waals surface area contributed by atoms with Crippen LogP contribution in [-0.2, 0) is 16.1 Å². The lowest BCUT2D eigenvalue weighted by molar-refractivity contribution is -0.128. The Morgan fingerprint density at radius 2 is 2.40 bits per heavy atom. The maximum Gasteiger partial charge on any atom is 0.225 e. The molecule has 0 bridgehead atoms. The van der Waals surface area contributed by atoms with E-state index >= 15 is 0 Å². The van der Waals surface area contributed by atoms with Crippen molar-refractivity contribution in [1.82, 2.24) is 20.2 Å². The topological polar surface area (TPSA) is 78.1 Å². The Balaban J connectivity index is 1.61. The molecule has 6 heteroatoms. The van der Waals surface area contributed by atoms with Crippen LogP contribution in [0, 0.1) is 5.92 Å². The largest absolute Gasteiger partial charge is 0.352 e. The number of amides is 2. The molecule has 1 aliphatic heterocycles. The highest BCUT2D eigenvalue weighted by atomic mass is 16.2. The van der Waals surface area contributed by atoms with Crippen LogP contribution in [0.1, 0.15) is 12.0 Å². The Bertz CT molecular complexity index is 664. The fourth-order valence-corrected chi connectivity index (χ4v) is 2.47. The predicted octanol–water partition coefficient (Wildman–Crippen LogP) is 0.657. The molecule has 0 spiro atoms.